The molecule has 1 radical (unpaired) electrons. The maximum atomic E-state index is 12.1. The number of esters is 1. The molecule has 0 unspecified atom stereocenters. The molecule has 1 saturated carbocycles. The summed E-state index contributed by atoms with van der Waals surface area (Å²) >= 11 is 0. The van der Waals surface area contributed by atoms with Crippen LogP contribution in [0.2, 0.25) is 0 Å². The molecular formula is C23H29BNO5. The molecule has 3 rings (SSSR count). The highest BCUT2D eigenvalue weighted by Crippen LogP contribution is 2.49. The summed E-state index contributed by atoms with van der Waals surface area (Å²) in [6.45, 7) is 7.08. The number of nitrogens with zero attached hydrogens (tertiary/aromatic N) is 1. The Hall–Kier alpha value is -2.38. The smallest absolute Gasteiger partial charge is 0.334 e. The van der Waals surface area contributed by atoms with Crippen molar-refractivity contribution in [2.45, 2.75) is 57.2 Å². The number of ether oxygens (including phenoxy) is 2. The van der Waals surface area contributed by atoms with Gasteiger partial charge in [-0.25, -0.2) is 0 Å². The van der Waals surface area contributed by atoms with E-state index in [1.807, 2.05) is 44.2 Å². The molecule has 1 aromatic heterocycles. The van der Waals surface area contributed by atoms with E-state index < -0.39 is 16.6 Å². The molecule has 6 nitrogen and oxygen atoms in total. The summed E-state index contributed by atoms with van der Waals surface area (Å²) in [7, 11) is 4.62. The van der Waals surface area contributed by atoms with Gasteiger partial charge in [-0.15, -0.1) is 0 Å². The van der Waals surface area contributed by atoms with E-state index >= 15 is 0 Å². The third-order valence-electron chi connectivity index (χ3n) is 6.13. The number of aliphatic hydroxyl groups is 1. The molecule has 159 valence electrons. The third-order valence-corrected chi connectivity index (χ3v) is 6.13. The van der Waals surface area contributed by atoms with E-state index in [2.05, 4.69) is 4.98 Å². The lowest BCUT2D eigenvalue weighted by molar-refractivity contribution is -0.143. The summed E-state index contributed by atoms with van der Waals surface area (Å²) in [6, 6.07) is 9.56. The second-order valence-corrected chi connectivity index (χ2v) is 8.77. The molecular weight excluding hydrogens is 381 g/mol. The first-order valence-electron chi connectivity index (χ1n) is 10.0. The summed E-state index contributed by atoms with van der Waals surface area (Å²) < 4.78 is 16.3. The van der Waals surface area contributed by atoms with Gasteiger partial charge in [0, 0.05) is 11.8 Å². The predicted octanol–water partition coefficient (Wildman–Crippen LogP) is 2.77. The van der Waals surface area contributed by atoms with Crippen molar-refractivity contribution in [2.24, 2.45) is 0 Å². The fourth-order valence-corrected chi connectivity index (χ4v) is 3.10. The van der Waals surface area contributed by atoms with E-state index in [4.69, 9.17) is 14.1 Å². The average Bonchev–Trinajstić information content (AvgIpc) is 3.53. The van der Waals surface area contributed by atoms with Gasteiger partial charge in [0.15, 0.2) is 0 Å². The molecule has 2 aromatic rings. The van der Waals surface area contributed by atoms with Gasteiger partial charge in [0.25, 0.3) is 0 Å². The number of hydrogen-bond donors (Lipinski definition) is 1. The normalized spacial score (nSPS) is 15.4. The van der Waals surface area contributed by atoms with Crippen LogP contribution in [0, 0.1) is 0 Å². The first kappa shape index (κ1) is 22.3. The zero-order valence-corrected chi connectivity index (χ0v) is 18.5. The van der Waals surface area contributed by atoms with Crippen molar-refractivity contribution in [3.63, 3.8) is 0 Å². The molecule has 1 aromatic carbocycles. The Morgan fingerprint density at radius 1 is 1.13 bits per heavy atom. The van der Waals surface area contributed by atoms with Crippen molar-refractivity contribution in [1.29, 1.82) is 0 Å². The summed E-state index contributed by atoms with van der Waals surface area (Å²) in [5.74, 6) is 0.436. The first-order chi connectivity index (χ1) is 14.0. The fourth-order valence-electron chi connectivity index (χ4n) is 3.10. The molecule has 1 aliphatic rings. The van der Waals surface area contributed by atoms with Gasteiger partial charge in [0.05, 0.1) is 36.5 Å². The highest BCUT2D eigenvalue weighted by atomic mass is 16.5. The zero-order chi connectivity index (χ0) is 22.2. The molecule has 0 spiro atoms. The number of pyridine rings is 1. The van der Waals surface area contributed by atoms with Crippen molar-refractivity contribution in [2.75, 3.05) is 14.2 Å². The molecule has 0 bridgehead atoms. The van der Waals surface area contributed by atoms with Gasteiger partial charge in [-0.3, -0.25) is 9.78 Å². The molecule has 0 aliphatic heterocycles. The van der Waals surface area contributed by atoms with Gasteiger partial charge >= 0.3 is 13.5 Å². The Morgan fingerprint density at radius 2 is 1.83 bits per heavy atom. The quantitative estimate of drug-likeness (QED) is 0.533. The van der Waals surface area contributed by atoms with Crippen molar-refractivity contribution in [3.05, 3.63) is 42.1 Å². The second kappa shape index (κ2) is 8.04. The minimum Gasteiger partial charge on any atom is -0.497 e. The van der Waals surface area contributed by atoms with Crippen LogP contribution in [0.1, 0.15) is 46.1 Å². The van der Waals surface area contributed by atoms with E-state index in [0.29, 0.717) is 5.75 Å². The molecule has 30 heavy (non-hydrogen) atoms. The Kier molecular flexibility index (Phi) is 5.98. The molecule has 1 aliphatic carbocycles. The molecule has 1 fully saturated rings. The van der Waals surface area contributed by atoms with Crippen LogP contribution in [0.15, 0.2) is 36.5 Å². The maximum Gasteiger partial charge on any atom is 0.334 e. The number of hydrogen-bond acceptors (Lipinski definition) is 6. The van der Waals surface area contributed by atoms with Crippen LogP contribution in [-0.2, 0) is 19.6 Å². The van der Waals surface area contributed by atoms with Crippen LogP contribution in [0.4, 0.5) is 0 Å². The fraction of sp³-hybridized carbons (Fsp3) is 0.478. The number of aromatic nitrogens is 1. The molecule has 1 heterocycles. The van der Waals surface area contributed by atoms with Gasteiger partial charge in [-0.2, -0.15) is 0 Å². The van der Waals surface area contributed by atoms with Crippen LogP contribution >= 0.6 is 0 Å². The average molecular weight is 410 g/mol. The minimum absolute atomic E-state index is 0.201. The number of carbonyl (C=O) groups is 1. The topological polar surface area (TPSA) is 77.9 Å². The summed E-state index contributed by atoms with van der Waals surface area (Å²) in [6.07, 6.45) is 3.33. The van der Waals surface area contributed by atoms with Crippen molar-refractivity contribution >= 4 is 18.9 Å². The number of rotatable bonds is 8. The number of methoxy groups -OCH3 is 2. The summed E-state index contributed by atoms with van der Waals surface area (Å²) in [5, 5.41) is 10.3. The summed E-state index contributed by atoms with van der Waals surface area (Å²) in [4.78, 5) is 16.6. The van der Waals surface area contributed by atoms with Crippen molar-refractivity contribution in [1.82, 2.24) is 4.98 Å². The Bertz CT molecular complexity index is 914. The molecule has 0 saturated heterocycles. The van der Waals surface area contributed by atoms with E-state index in [-0.39, 0.29) is 5.97 Å². The van der Waals surface area contributed by atoms with E-state index in [1.165, 1.54) is 7.11 Å². The van der Waals surface area contributed by atoms with Crippen LogP contribution in [0.5, 0.6) is 5.75 Å². The van der Waals surface area contributed by atoms with Crippen LogP contribution in [0.25, 0.3) is 11.3 Å². The van der Waals surface area contributed by atoms with Gasteiger partial charge in [-0.05, 0) is 63.7 Å². The van der Waals surface area contributed by atoms with E-state index in [9.17, 15) is 9.90 Å². The Labute approximate surface area is 178 Å². The lowest BCUT2D eigenvalue weighted by Gasteiger charge is -2.37. The molecule has 7 heteroatoms. The number of carbonyl (C=O) groups excluding carboxylic acids is 1. The Morgan fingerprint density at radius 3 is 2.33 bits per heavy atom. The molecule has 0 atom stereocenters. The zero-order valence-electron chi connectivity index (χ0n) is 18.5. The van der Waals surface area contributed by atoms with Crippen molar-refractivity contribution < 1.29 is 24.0 Å². The first-order valence-corrected chi connectivity index (χ1v) is 10.0. The van der Waals surface area contributed by atoms with Gasteiger partial charge in [0.2, 0.25) is 0 Å². The van der Waals surface area contributed by atoms with Crippen LogP contribution < -0.4 is 10.2 Å². The number of benzene rings is 1. The SMILES string of the molecule is COC(=O)C1(c2ccc(-c3ccc([B]OC(C)(C)C(C)(C)O)c(OC)c3)nc2)CC1. The third kappa shape index (κ3) is 4.23. The van der Waals surface area contributed by atoms with E-state index in [1.54, 1.807) is 34.6 Å². The maximum absolute atomic E-state index is 12.1. The molecule has 1 N–H and O–H groups in total. The standard InChI is InChI=1S/C23H29BNO5/c1-21(2,27)22(3,4)30-24-17-9-7-15(13-19(17)28-5)18-10-8-16(14-25-18)23(11-12-23)20(26)29-6/h7-10,13-14,27H,11-12H2,1-6H3. The second-order valence-electron chi connectivity index (χ2n) is 8.77. The monoisotopic (exact) mass is 410 g/mol. The van der Waals surface area contributed by atoms with Crippen LogP contribution in [-0.4, -0.2) is 49.0 Å². The molecule has 0 amide bonds. The highest BCUT2D eigenvalue weighted by Gasteiger charge is 2.52. The van der Waals surface area contributed by atoms with E-state index in [0.717, 1.165) is 35.1 Å². The largest absolute Gasteiger partial charge is 0.497 e. The van der Waals surface area contributed by atoms with Gasteiger partial charge in [0.1, 0.15) is 5.75 Å². The lowest BCUT2D eigenvalue weighted by Crippen LogP contribution is -2.49. The van der Waals surface area contributed by atoms with Crippen molar-refractivity contribution in [3.8, 4) is 17.0 Å². The van der Waals surface area contributed by atoms with Crippen LogP contribution in [0.3, 0.4) is 0 Å². The lowest BCUT2D eigenvalue weighted by atomic mass is 9.81. The van der Waals surface area contributed by atoms with Gasteiger partial charge < -0.3 is 19.2 Å². The Balaban J connectivity index is 1.79. The van der Waals surface area contributed by atoms with Gasteiger partial charge in [-0.1, -0.05) is 18.2 Å². The summed E-state index contributed by atoms with van der Waals surface area (Å²) in [5.41, 5.74) is 1.01. The minimum atomic E-state index is -1.01. The predicted molar refractivity (Wildman–Crippen MR) is 116 cm³/mol. The highest BCUT2D eigenvalue weighted by molar-refractivity contribution is 6.48.